The molecule has 0 aromatic rings. The molecule has 3 aliphatic rings. The summed E-state index contributed by atoms with van der Waals surface area (Å²) in [6.07, 6.45) is 4.77. The van der Waals surface area contributed by atoms with Gasteiger partial charge in [-0.2, -0.15) is 0 Å². The summed E-state index contributed by atoms with van der Waals surface area (Å²) in [5.74, 6) is 2.26. The van der Waals surface area contributed by atoms with Crippen LogP contribution in [0.5, 0.6) is 0 Å². The molecule has 1 heterocycles. The number of hydrogen-bond donors (Lipinski definition) is 0. The van der Waals surface area contributed by atoms with E-state index in [-0.39, 0.29) is 0 Å². The first-order valence-electron chi connectivity index (χ1n) is 5.83. The summed E-state index contributed by atoms with van der Waals surface area (Å²) in [7, 11) is 0. The molecule has 1 saturated heterocycles. The third-order valence-corrected chi connectivity index (χ3v) is 6.55. The van der Waals surface area contributed by atoms with Crippen molar-refractivity contribution in [1.29, 1.82) is 0 Å². The largest absolute Gasteiger partial charge is 0.364 e. The minimum Gasteiger partial charge on any atom is -0.364 e. The molecule has 1 nitrogen and oxygen atoms in total. The molecule has 1 aliphatic heterocycles. The number of rotatable bonds is 0. The van der Waals surface area contributed by atoms with Gasteiger partial charge in [-0.25, -0.2) is 0 Å². The zero-order valence-electron chi connectivity index (χ0n) is 9.38. The molecule has 2 bridgehead atoms. The van der Waals surface area contributed by atoms with E-state index in [0.29, 0.717) is 22.4 Å². The van der Waals surface area contributed by atoms with Crippen LogP contribution in [0.2, 0.25) is 0 Å². The third kappa shape index (κ3) is 0.923. The predicted molar refractivity (Wildman–Crippen MR) is 60.3 cm³/mol. The van der Waals surface area contributed by atoms with Crippen molar-refractivity contribution in [2.24, 2.45) is 16.7 Å². The van der Waals surface area contributed by atoms with Crippen LogP contribution in [0.15, 0.2) is 0 Å². The highest BCUT2D eigenvalue weighted by Crippen LogP contribution is 2.69. The van der Waals surface area contributed by atoms with E-state index < -0.39 is 0 Å². The number of fused-ring (bicyclic) bond motifs is 1. The summed E-state index contributed by atoms with van der Waals surface area (Å²) in [5, 5.41) is 0. The lowest BCUT2D eigenvalue weighted by atomic mass is 9.69. The molecule has 0 aromatic heterocycles. The number of thioether (sulfide) groups is 1. The van der Waals surface area contributed by atoms with Gasteiger partial charge in [-0.1, -0.05) is 13.8 Å². The molecule has 80 valence electrons. The molecular weight excluding hydrogens is 192 g/mol. The van der Waals surface area contributed by atoms with Crippen molar-refractivity contribution in [2.45, 2.75) is 51.6 Å². The van der Waals surface area contributed by atoms with Gasteiger partial charge in [0.05, 0.1) is 6.10 Å². The van der Waals surface area contributed by atoms with Gasteiger partial charge < -0.3 is 4.74 Å². The Hall–Kier alpha value is 0.310. The summed E-state index contributed by atoms with van der Waals surface area (Å²) in [6.45, 7) is 7.16. The van der Waals surface area contributed by atoms with Crippen molar-refractivity contribution in [2.75, 3.05) is 5.75 Å². The maximum atomic E-state index is 6.13. The van der Waals surface area contributed by atoms with Gasteiger partial charge in [-0.15, -0.1) is 11.8 Å². The molecule has 1 spiro atoms. The normalized spacial score (nSPS) is 54.6. The highest BCUT2D eigenvalue weighted by Gasteiger charge is 2.65. The van der Waals surface area contributed by atoms with Crippen LogP contribution in [0.1, 0.15) is 40.0 Å². The first kappa shape index (κ1) is 9.53. The van der Waals surface area contributed by atoms with Gasteiger partial charge in [0, 0.05) is 11.2 Å². The number of ether oxygens (including phenoxy) is 1. The second kappa shape index (κ2) is 2.70. The topological polar surface area (TPSA) is 9.23 Å². The van der Waals surface area contributed by atoms with Gasteiger partial charge >= 0.3 is 0 Å². The summed E-state index contributed by atoms with van der Waals surface area (Å²) in [5.41, 5.74) is 1.49. The van der Waals surface area contributed by atoms with E-state index in [4.69, 9.17) is 4.74 Å². The van der Waals surface area contributed by atoms with Crippen LogP contribution in [0, 0.1) is 16.7 Å². The standard InChI is InChI=1S/C12H20OS/c1-8-13-10-6-9-4-5-12(10,7-14-8)11(9,2)3/h8-10H,4-7H2,1-3H3/t8-,9?,10-,12-/m1/s1. The van der Waals surface area contributed by atoms with E-state index in [1.807, 2.05) is 11.8 Å². The Labute approximate surface area is 91.0 Å². The third-order valence-electron chi connectivity index (χ3n) is 5.29. The van der Waals surface area contributed by atoms with E-state index in [0.717, 1.165) is 5.92 Å². The smallest absolute Gasteiger partial charge is 0.100 e. The van der Waals surface area contributed by atoms with Crippen LogP contribution in [-0.2, 0) is 4.74 Å². The Bertz CT molecular complexity index is 263. The van der Waals surface area contributed by atoms with Gasteiger partial charge in [-0.05, 0) is 37.5 Å². The Kier molecular flexibility index (Phi) is 1.84. The summed E-state index contributed by atoms with van der Waals surface area (Å²) in [6, 6.07) is 0. The van der Waals surface area contributed by atoms with Gasteiger partial charge in [0.2, 0.25) is 0 Å². The Morgan fingerprint density at radius 1 is 1.36 bits per heavy atom. The zero-order chi connectivity index (χ0) is 9.97. The molecule has 2 saturated carbocycles. The van der Waals surface area contributed by atoms with Crippen LogP contribution in [0.25, 0.3) is 0 Å². The van der Waals surface area contributed by atoms with Crippen LogP contribution < -0.4 is 0 Å². The van der Waals surface area contributed by atoms with Crippen molar-refractivity contribution < 1.29 is 4.74 Å². The van der Waals surface area contributed by atoms with Crippen molar-refractivity contribution >= 4 is 11.8 Å². The fourth-order valence-electron chi connectivity index (χ4n) is 4.07. The van der Waals surface area contributed by atoms with Gasteiger partial charge in [-0.3, -0.25) is 0 Å². The highest BCUT2D eigenvalue weighted by atomic mass is 32.2. The molecule has 0 radical (unpaired) electrons. The first-order valence-corrected chi connectivity index (χ1v) is 6.88. The second-order valence-electron chi connectivity index (χ2n) is 5.85. The fourth-order valence-corrected chi connectivity index (χ4v) is 5.51. The first-order chi connectivity index (χ1) is 6.56. The monoisotopic (exact) mass is 212 g/mol. The Balaban J connectivity index is 1.97. The quantitative estimate of drug-likeness (QED) is 0.609. The lowest BCUT2D eigenvalue weighted by Crippen LogP contribution is -2.46. The molecule has 0 N–H and O–H groups in total. The molecule has 3 fully saturated rings. The van der Waals surface area contributed by atoms with E-state index in [2.05, 4.69) is 20.8 Å². The Morgan fingerprint density at radius 2 is 2.14 bits per heavy atom. The molecule has 14 heavy (non-hydrogen) atoms. The molecule has 2 heteroatoms. The summed E-state index contributed by atoms with van der Waals surface area (Å²) in [4.78, 5) is 0. The second-order valence-corrected chi connectivity index (χ2v) is 7.14. The summed E-state index contributed by atoms with van der Waals surface area (Å²) >= 11 is 2.02. The molecule has 1 unspecified atom stereocenters. The summed E-state index contributed by atoms with van der Waals surface area (Å²) < 4.78 is 6.13. The zero-order valence-corrected chi connectivity index (χ0v) is 10.2. The van der Waals surface area contributed by atoms with Crippen LogP contribution in [0.3, 0.4) is 0 Å². The van der Waals surface area contributed by atoms with E-state index >= 15 is 0 Å². The Morgan fingerprint density at radius 3 is 2.86 bits per heavy atom. The minimum absolute atomic E-state index is 0.431. The molecule has 2 aliphatic carbocycles. The lowest BCUT2D eigenvalue weighted by Gasteiger charge is -2.46. The van der Waals surface area contributed by atoms with Crippen molar-refractivity contribution in [3.8, 4) is 0 Å². The van der Waals surface area contributed by atoms with Gasteiger partial charge in [0.1, 0.15) is 5.44 Å². The number of hydrogen-bond acceptors (Lipinski definition) is 2. The van der Waals surface area contributed by atoms with Crippen LogP contribution in [0.4, 0.5) is 0 Å². The van der Waals surface area contributed by atoms with E-state index in [1.165, 1.54) is 25.0 Å². The van der Waals surface area contributed by atoms with Gasteiger partial charge in [0.15, 0.2) is 0 Å². The fraction of sp³-hybridized carbons (Fsp3) is 1.00. The molecule has 0 aromatic carbocycles. The van der Waals surface area contributed by atoms with Gasteiger partial charge in [0.25, 0.3) is 0 Å². The molecule has 3 rings (SSSR count). The van der Waals surface area contributed by atoms with Crippen LogP contribution in [-0.4, -0.2) is 17.3 Å². The minimum atomic E-state index is 0.431. The maximum absolute atomic E-state index is 6.13. The van der Waals surface area contributed by atoms with Crippen LogP contribution >= 0.6 is 11.8 Å². The van der Waals surface area contributed by atoms with E-state index in [9.17, 15) is 0 Å². The maximum Gasteiger partial charge on any atom is 0.100 e. The van der Waals surface area contributed by atoms with E-state index in [1.54, 1.807) is 0 Å². The molecule has 4 atom stereocenters. The highest BCUT2D eigenvalue weighted by molar-refractivity contribution is 7.99. The average Bonchev–Trinajstić information content (AvgIpc) is 2.49. The van der Waals surface area contributed by atoms with Crippen molar-refractivity contribution in [3.63, 3.8) is 0 Å². The SMILES string of the molecule is C[C@@H]1O[C@@H]2CC3CC[C@]2(CS1)C3(C)C. The van der Waals surface area contributed by atoms with Crippen molar-refractivity contribution in [1.82, 2.24) is 0 Å². The average molecular weight is 212 g/mol. The van der Waals surface area contributed by atoms with Crippen molar-refractivity contribution in [3.05, 3.63) is 0 Å². The predicted octanol–water partition coefficient (Wildman–Crippen LogP) is 3.29. The molecular formula is C12H20OS. The lowest BCUT2D eigenvalue weighted by molar-refractivity contribution is -0.0606. The molecule has 0 amide bonds.